The van der Waals surface area contributed by atoms with Crippen LogP contribution in [0.1, 0.15) is 45.1 Å². The van der Waals surface area contributed by atoms with Crippen LogP contribution in [-0.2, 0) is 10.2 Å². The van der Waals surface area contributed by atoms with Gasteiger partial charge in [-0.25, -0.2) is 0 Å². The molecule has 0 spiro atoms. The second-order valence-corrected chi connectivity index (χ2v) is 9.13. The van der Waals surface area contributed by atoms with Crippen LogP contribution in [0.2, 0.25) is 5.02 Å². The predicted molar refractivity (Wildman–Crippen MR) is 127 cm³/mol. The van der Waals surface area contributed by atoms with E-state index >= 15 is 0 Å². The van der Waals surface area contributed by atoms with Crippen molar-refractivity contribution in [1.29, 1.82) is 0 Å². The minimum absolute atomic E-state index is 0.0657. The largest absolute Gasteiger partial charge is 0.381 e. The lowest BCUT2D eigenvalue weighted by atomic mass is 9.74. The molecule has 2 fully saturated rings. The summed E-state index contributed by atoms with van der Waals surface area (Å²) in [5.41, 5.74) is 2.37. The number of ether oxygens (including phenoxy) is 1. The maximum absolute atomic E-state index is 6.60. The second-order valence-electron chi connectivity index (χ2n) is 8.72. The van der Waals surface area contributed by atoms with Crippen molar-refractivity contribution in [2.75, 3.05) is 45.9 Å². The molecular formula is C24H37ClN4O. The number of rotatable bonds is 7. The van der Waals surface area contributed by atoms with Crippen LogP contribution in [0.5, 0.6) is 0 Å². The van der Waals surface area contributed by atoms with Crippen molar-refractivity contribution in [3.63, 3.8) is 0 Å². The monoisotopic (exact) mass is 432 g/mol. The van der Waals surface area contributed by atoms with Crippen LogP contribution in [0.4, 0.5) is 0 Å². The van der Waals surface area contributed by atoms with E-state index in [0.717, 1.165) is 76.1 Å². The molecule has 2 N–H and O–H groups in total. The molecule has 2 aliphatic rings. The van der Waals surface area contributed by atoms with Gasteiger partial charge in [0.05, 0.1) is 6.54 Å². The number of nitrogens with zero attached hydrogens (tertiary/aromatic N) is 2. The molecule has 0 radical (unpaired) electrons. The minimum Gasteiger partial charge on any atom is -0.381 e. The van der Waals surface area contributed by atoms with Crippen molar-refractivity contribution in [2.45, 2.75) is 51.0 Å². The average molecular weight is 433 g/mol. The first-order valence-electron chi connectivity index (χ1n) is 11.3. The lowest BCUT2D eigenvalue weighted by Gasteiger charge is -2.37. The molecule has 0 unspecified atom stereocenters. The Kier molecular flexibility index (Phi) is 8.61. The number of hydrogen-bond acceptors (Lipinski definition) is 3. The molecule has 0 atom stereocenters. The number of halogens is 1. The lowest BCUT2D eigenvalue weighted by Crippen LogP contribution is -2.49. The van der Waals surface area contributed by atoms with Gasteiger partial charge in [0.15, 0.2) is 5.96 Å². The third kappa shape index (κ3) is 6.22. The normalized spacial score (nSPS) is 20.7. The van der Waals surface area contributed by atoms with E-state index in [1.165, 1.54) is 11.1 Å². The molecule has 1 aromatic rings. The van der Waals surface area contributed by atoms with Crippen molar-refractivity contribution in [2.24, 2.45) is 4.99 Å². The first-order valence-corrected chi connectivity index (χ1v) is 11.6. The molecule has 2 aliphatic heterocycles. The molecule has 0 saturated carbocycles. The molecule has 30 heavy (non-hydrogen) atoms. The van der Waals surface area contributed by atoms with E-state index in [2.05, 4.69) is 48.1 Å². The van der Waals surface area contributed by atoms with Gasteiger partial charge in [-0.2, -0.15) is 0 Å². The number of nitrogens with one attached hydrogen (secondary N) is 2. The quantitative estimate of drug-likeness (QED) is 0.388. The van der Waals surface area contributed by atoms with Gasteiger partial charge in [0.25, 0.3) is 0 Å². The van der Waals surface area contributed by atoms with Crippen molar-refractivity contribution in [1.82, 2.24) is 15.5 Å². The number of guanidine groups is 1. The SMILES string of the molecule is C=C(C)CN1CCC(NC(=NCC2(c3ccccc3Cl)CCOCC2)NCC)CC1. The average Bonchev–Trinajstić information content (AvgIpc) is 2.74. The van der Waals surface area contributed by atoms with Crippen LogP contribution in [0.3, 0.4) is 0 Å². The zero-order valence-corrected chi connectivity index (χ0v) is 19.3. The van der Waals surface area contributed by atoms with Crippen LogP contribution >= 0.6 is 11.6 Å². The molecule has 0 aliphatic carbocycles. The van der Waals surface area contributed by atoms with Crippen LogP contribution in [-0.4, -0.2) is 62.8 Å². The zero-order chi connectivity index (χ0) is 21.4. The number of aliphatic imine (C=N–C) groups is 1. The van der Waals surface area contributed by atoms with E-state index in [-0.39, 0.29) is 5.41 Å². The molecule has 6 heteroatoms. The summed E-state index contributed by atoms with van der Waals surface area (Å²) in [6.45, 7) is 14.5. The summed E-state index contributed by atoms with van der Waals surface area (Å²) < 4.78 is 5.67. The van der Waals surface area contributed by atoms with Gasteiger partial charge in [-0.05, 0) is 51.2 Å². The second kappa shape index (κ2) is 11.2. The van der Waals surface area contributed by atoms with Crippen LogP contribution < -0.4 is 10.6 Å². The van der Waals surface area contributed by atoms with E-state index in [0.29, 0.717) is 12.6 Å². The molecule has 0 bridgehead atoms. The van der Waals surface area contributed by atoms with E-state index in [1.807, 2.05) is 12.1 Å². The van der Waals surface area contributed by atoms with E-state index < -0.39 is 0 Å². The molecule has 1 aromatic carbocycles. The van der Waals surface area contributed by atoms with Gasteiger partial charge in [-0.15, -0.1) is 0 Å². The Labute approximate surface area is 186 Å². The minimum atomic E-state index is -0.0657. The third-order valence-electron chi connectivity index (χ3n) is 6.20. The molecule has 2 heterocycles. The maximum atomic E-state index is 6.60. The van der Waals surface area contributed by atoms with Gasteiger partial charge in [0, 0.05) is 55.9 Å². The summed E-state index contributed by atoms with van der Waals surface area (Å²) in [5, 5.41) is 7.95. The lowest BCUT2D eigenvalue weighted by molar-refractivity contribution is 0.0531. The molecule has 5 nitrogen and oxygen atoms in total. The van der Waals surface area contributed by atoms with Gasteiger partial charge in [0.1, 0.15) is 0 Å². The molecule has 3 rings (SSSR count). The van der Waals surface area contributed by atoms with Crippen molar-refractivity contribution < 1.29 is 4.74 Å². The number of benzene rings is 1. The Morgan fingerprint density at radius 2 is 1.97 bits per heavy atom. The zero-order valence-electron chi connectivity index (χ0n) is 18.6. The Morgan fingerprint density at radius 3 is 2.60 bits per heavy atom. The summed E-state index contributed by atoms with van der Waals surface area (Å²) in [4.78, 5) is 7.53. The maximum Gasteiger partial charge on any atom is 0.191 e. The van der Waals surface area contributed by atoms with Crippen LogP contribution in [0.15, 0.2) is 41.4 Å². The Balaban J connectivity index is 1.68. The molecular weight excluding hydrogens is 396 g/mol. The number of likely N-dealkylation sites (tertiary alicyclic amines) is 1. The fourth-order valence-electron chi connectivity index (χ4n) is 4.53. The van der Waals surface area contributed by atoms with Gasteiger partial charge in [-0.3, -0.25) is 9.89 Å². The standard InChI is InChI=1S/C24H37ClN4O/c1-4-26-23(28-20-9-13-29(14-10-20)17-19(2)3)27-18-24(11-15-30-16-12-24)21-7-5-6-8-22(21)25/h5-8,20H,2,4,9-18H2,1,3H3,(H2,26,27,28). The summed E-state index contributed by atoms with van der Waals surface area (Å²) in [6.07, 6.45) is 4.14. The first-order chi connectivity index (χ1) is 14.5. The predicted octanol–water partition coefficient (Wildman–Crippen LogP) is 3.98. The summed E-state index contributed by atoms with van der Waals surface area (Å²) >= 11 is 6.60. The van der Waals surface area contributed by atoms with Crippen LogP contribution in [0, 0.1) is 0 Å². The summed E-state index contributed by atoms with van der Waals surface area (Å²) in [5.74, 6) is 0.911. The summed E-state index contributed by atoms with van der Waals surface area (Å²) in [7, 11) is 0. The Bertz CT molecular complexity index is 722. The van der Waals surface area contributed by atoms with E-state index in [1.54, 1.807) is 0 Å². The van der Waals surface area contributed by atoms with Crippen molar-refractivity contribution >= 4 is 17.6 Å². The van der Waals surface area contributed by atoms with E-state index in [4.69, 9.17) is 21.3 Å². The van der Waals surface area contributed by atoms with Gasteiger partial charge in [0.2, 0.25) is 0 Å². The molecule has 166 valence electrons. The third-order valence-corrected chi connectivity index (χ3v) is 6.53. The Morgan fingerprint density at radius 1 is 1.27 bits per heavy atom. The summed E-state index contributed by atoms with van der Waals surface area (Å²) in [6, 6.07) is 8.66. The highest BCUT2D eigenvalue weighted by atomic mass is 35.5. The number of piperidine rings is 1. The smallest absolute Gasteiger partial charge is 0.191 e. The Hall–Kier alpha value is -1.56. The van der Waals surface area contributed by atoms with Gasteiger partial charge < -0.3 is 15.4 Å². The van der Waals surface area contributed by atoms with Crippen molar-refractivity contribution in [3.8, 4) is 0 Å². The topological polar surface area (TPSA) is 48.9 Å². The van der Waals surface area contributed by atoms with Gasteiger partial charge in [-0.1, -0.05) is 42.0 Å². The molecule has 2 saturated heterocycles. The number of hydrogen-bond donors (Lipinski definition) is 2. The fourth-order valence-corrected chi connectivity index (χ4v) is 4.86. The fraction of sp³-hybridized carbons (Fsp3) is 0.625. The molecule has 0 aromatic heterocycles. The first kappa shape index (κ1) is 23.1. The van der Waals surface area contributed by atoms with Crippen molar-refractivity contribution in [3.05, 3.63) is 47.0 Å². The highest BCUT2D eigenvalue weighted by Crippen LogP contribution is 2.38. The van der Waals surface area contributed by atoms with Crippen LogP contribution in [0.25, 0.3) is 0 Å². The highest BCUT2D eigenvalue weighted by Gasteiger charge is 2.36. The van der Waals surface area contributed by atoms with E-state index in [9.17, 15) is 0 Å². The molecule has 0 amide bonds. The highest BCUT2D eigenvalue weighted by molar-refractivity contribution is 6.31. The van der Waals surface area contributed by atoms with Gasteiger partial charge >= 0.3 is 0 Å².